The first-order valence-corrected chi connectivity index (χ1v) is 20.4. The highest BCUT2D eigenvalue weighted by atomic mass is 16.5. The first-order valence-electron chi connectivity index (χ1n) is 20.4. The maximum absolute atomic E-state index is 12.2. The van der Waals surface area contributed by atoms with Crippen molar-refractivity contribution in [3.63, 3.8) is 0 Å². The monoisotopic (exact) mass is 775 g/mol. The molecule has 292 valence electrons. The van der Waals surface area contributed by atoms with Crippen LogP contribution in [0.3, 0.4) is 0 Å². The summed E-state index contributed by atoms with van der Waals surface area (Å²) in [6.07, 6.45) is 8.83. The standard InChI is InChI=1S/C53H46N2O4/c1-52(2)45(54(31-30-47(57)58)50-43-24-14-10-20-39(43)37-18-8-12-22-41(37)48(50)52)28-26-36(35-16-6-5-7-17-35)27-29-46-53(3,4)49-42-23-13-9-19-38(42)40-21-11-15-25-44(40)51(49)55(46)32-33-59-34-56/h5-29,34H,30-33H2,1-4H3/p+1. The lowest BCUT2D eigenvalue weighted by atomic mass is 9.77. The highest BCUT2D eigenvalue weighted by Gasteiger charge is 2.47. The van der Waals surface area contributed by atoms with Gasteiger partial charge in [-0.1, -0.05) is 141 Å². The second-order valence-corrected chi connectivity index (χ2v) is 16.6. The van der Waals surface area contributed by atoms with Crippen molar-refractivity contribution in [1.82, 2.24) is 0 Å². The lowest BCUT2D eigenvalue weighted by Gasteiger charge is -2.27. The average molecular weight is 776 g/mol. The molecule has 6 heteroatoms. The molecular formula is C53H47N2O4+. The van der Waals surface area contributed by atoms with E-state index >= 15 is 0 Å². The summed E-state index contributed by atoms with van der Waals surface area (Å²) in [6.45, 7) is 10.7. The van der Waals surface area contributed by atoms with Gasteiger partial charge in [0.1, 0.15) is 13.0 Å². The lowest BCUT2D eigenvalue weighted by Crippen LogP contribution is -2.29. The molecule has 59 heavy (non-hydrogen) atoms. The molecule has 0 fully saturated rings. The molecule has 0 unspecified atom stereocenters. The van der Waals surface area contributed by atoms with Crippen LogP contribution < -0.4 is 4.90 Å². The van der Waals surface area contributed by atoms with Crippen LogP contribution in [0.25, 0.3) is 48.7 Å². The highest BCUT2D eigenvalue weighted by molar-refractivity contribution is 6.20. The smallest absolute Gasteiger partial charge is 0.309 e. The predicted molar refractivity (Wildman–Crippen MR) is 242 cm³/mol. The number of fused-ring (bicyclic) bond motifs is 12. The SMILES string of the molecule is CC1(C)C(/C=C/C(=C/C=C2\N(CCOC=O)c3c(c4ccccc4c4ccccc34)C2(C)C)c2ccccc2)=[N+](CCC(=O)O)c2c1c1ccccc1c1ccccc21. The second kappa shape index (κ2) is 14.9. The Balaban J connectivity index is 1.24. The zero-order valence-corrected chi connectivity index (χ0v) is 33.9. The molecule has 0 bridgehead atoms. The minimum Gasteiger partial charge on any atom is -0.481 e. The van der Waals surface area contributed by atoms with Gasteiger partial charge in [-0.2, -0.15) is 4.58 Å². The Morgan fingerprint density at radius 2 is 1.20 bits per heavy atom. The van der Waals surface area contributed by atoms with Crippen molar-refractivity contribution in [2.45, 2.75) is 44.9 Å². The van der Waals surface area contributed by atoms with E-state index in [9.17, 15) is 14.7 Å². The van der Waals surface area contributed by atoms with Crippen molar-refractivity contribution in [2.75, 3.05) is 24.6 Å². The van der Waals surface area contributed by atoms with Crippen LogP contribution in [0.15, 0.2) is 157 Å². The molecule has 6 nitrogen and oxygen atoms in total. The van der Waals surface area contributed by atoms with Gasteiger partial charge in [0.25, 0.3) is 6.47 Å². The first kappa shape index (κ1) is 37.8. The van der Waals surface area contributed by atoms with E-state index in [1.165, 1.54) is 38.1 Å². The summed E-state index contributed by atoms with van der Waals surface area (Å²) in [6, 6.07) is 44.7. The van der Waals surface area contributed by atoms with Gasteiger partial charge < -0.3 is 14.7 Å². The van der Waals surface area contributed by atoms with Crippen LogP contribution >= 0.6 is 0 Å². The Bertz CT molecular complexity index is 2970. The summed E-state index contributed by atoms with van der Waals surface area (Å²) in [5, 5.41) is 19.4. The third kappa shape index (κ3) is 6.22. The number of hydrogen-bond acceptors (Lipinski definition) is 4. The van der Waals surface area contributed by atoms with E-state index in [1.54, 1.807) is 0 Å². The largest absolute Gasteiger partial charge is 0.481 e. The highest BCUT2D eigenvalue weighted by Crippen LogP contribution is 2.54. The van der Waals surface area contributed by atoms with Crippen molar-refractivity contribution in [3.05, 3.63) is 174 Å². The third-order valence-electron chi connectivity index (χ3n) is 12.5. The predicted octanol–water partition coefficient (Wildman–Crippen LogP) is 11.6. The molecule has 0 saturated carbocycles. The van der Waals surface area contributed by atoms with Gasteiger partial charge in [-0.15, -0.1) is 0 Å². The van der Waals surface area contributed by atoms with Gasteiger partial charge in [-0.25, -0.2) is 0 Å². The minimum atomic E-state index is -0.829. The van der Waals surface area contributed by atoms with Gasteiger partial charge in [0, 0.05) is 28.1 Å². The summed E-state index contributed by atoms with van der Waals surface area (Å²) >= 11 is 0. The molecule has 0 amide bonds. The number of benzene rings is 7. The Labute approximate surface area is 344 Å². The number of nitrogens with zero attached hydrogens (tertiary/aromatic N) is 2. The Morgan fingerprint density at radius 1 is 0.678 bits per heavy atom. The van der Waals surface area contributed by atoms with Crippen molar-refractivity contribution >= 4 is 78.2 Å². The van der Waals surface area contributed by atoms with Crippen molar-refractivity contribution in [2.24, 2.45) is 0 Å². The summed E-state index contributed by atoms with van der Waals surface area (Å²) in [4.78, 5) is 25.9. The maximum Gasteiger partial charge on any atom is 0.309 e. The molecule has 2 aliphatic rings. The number of allylic oxidation sites excluding steroid dienone is 6. The molecular weight excluding hydrogens is 729 g/mol. The summed E-state index contributed by atoms with van der Waals surface area (Å²) < 4.78 is 7.59. The fraction of sp³-hybridized carbons (Fsp3) is 0.189. The van der Waals surface area contributed by atoms with Crippen LogP contribution in [-0.2, 0) is 25.2 Å². The van der Waals surface area contributed by atoms with Gasteiger partial charge in [0.05, 0.1) is 23.0 Å². The van der Waals surface area contributed by atoms with E-state index < -0.39 is 16.8 Å². The van der Waals surface area contributed by atoms with Crippen LogP contribution in [0.5, 0.6) is 0 Å². The topological polar surface area (TPSA) is 69.8 Å². The number of carboxylic acids is 1. The van der Waals surface area contributed by atoms with Crippen LogP contribution in [0.2, 0.25) is 0 Å². The summed E-state index contributed by atoms with van der Waals surface area (Å²) in [5.41, 5.74) is 8.06. The Hall–Kier alpha value is -6.79. The molecule has 2 aliphatic heterocycles. The lowest BCUT2D eigenvalue weighted by molar-refractivity contribution is -0.435. The fourth-order valence-corrected chi connectivity index (χ4v) is 9.92. The van der Waals surface area contributed by atoms with Gasteiger partial charge in [0.2, 0.25) is 5.69 Å². The van der Waals surface area contributed by atoms with Crippen molar-refractivity contribution in [1.29, 1.82) is 0 Å². The molecule has 7 aromatic rings. The number of anilines is 1. The zero-order valence-electron chi connectivity index (χ0n) is 33.9. The van der Waals surface area contributed by atoms with Gasteiger partial charge in [0.15, 0.2) is 12.3 Å². The molecule has 0 aromatic heterocycles. The molecule has 0 atom stereocenters. The quantitative estimate of drug-likeness (QED) is 0.0466. The molecule has 2 heterocycles. The van der Waals surface area contributed by atoms with Gasteiger partial charge >= 0.3 is 5.97 Å². The second-order valence-electron chi connectivity index (χ2n) is 16.6. The molecule has 0 saturated heterocycles. The number of aliphatic carboxylic acids is 1. The fourth-order valence-electron chi connectivity index (χ4n) is 9.92. The zero-order chi connectivity index (χ0) is 40.9. The first-order chi connectivity index (χ1) is 28.6. The van der Waals surface area contributed by atoms with Gasteiger partial charge in [-0.05, 0) is 81.1 Å². The minimum absolute atomic E-state index is 0.00412. The van der Waals surface area contributed by atoms with E-state index in [0.29, 0.717) is 19.6 Å². The van der Waals surface area contributed by atoms with Crippen molar-refractivity contribution in [3.8, 4) is 0 Å². The van der Waals surface area contributed by atoms with E-state index in [0.717, 1.165) is 50.1 Å². The van der Waals surface area contributed by atoms with Gasteiger partial charge in [-0.3, -0.25) is 9.59 Å². The number of carboxylic acid groups (broad SMARTS) is 1. The molecule has 9 rings (SSSR count). The summed E-state index contributed by atoms with van der Waals surface area (Å²) in [5.74, 6) is -0.829. The number of rotatable bonds is 11. The number of hydrogen-bond donors (Lipinski definition) is 1. The van der Waals surface area contributed by atoms with E-state index in [1.807, 2.05) is 6.07 Å². The molecule has 1 N–H and O–H groups in total. The van der Waals surface area contributed by atoms with Crippen LogP contribution in [-0.4, -0.2) is 47.5 Å². The maximum atomic E-state index is 12.2. The average Bonchev–Trinajstić information content (AvgIpc) is 3.62. The van der Waals surface area contributed by atoms with E-state index in [2.05, 4.69) is 183 Å². The van der Waals surface area contributed by atoms with Crippen LogP contribution in [0.4, 0.5) is 11.4 Å². The number of carbonyl (C=O) groups excluding carboxylic acids is 1. The van der Waals surface area contributed by atoms with E-state index in [4.69, 9.17) is 4.74 Å². The molecule has 0 aliphatic carbocycles. The van der Waals surface area contributed by atoms with Crippen LogP contribution in [0, 0.1) is 0 Å². The Morgan fingerprint density at radius 3 is 1.81 bits per heavy atom. The van der Waals surface area contributed by atoms with E-state index in [-0.39, 0.29) is 13.0 Å². The Kier molecular flexibility index (Phi) is 9.51. The van der Waals surface area contributed by atoms with Crippen molar-refractivity contribution < 1.29 is 24.0 Å². The summed E-state index contributed by atoms with van der Waals surface area (Å²) in [7, 11) is 0. The third-order valence-corrected chi connectivity index (χ3v) is 12.5. The molecule has 0 radical (unpaired) electrons. The number of ether oxygens (including phenoxy) is 1. The molecule has 7 aromatic carbocycles. The normalized spacial score (nSPS) is 16.5. The molecule has 0 spiro atoms. The van der Waals surface area contributed by atoms with Crippen LogP contribution in [0.1, 0.15) is 50.8 Å². The number of carbonyl (C=O) groups is 2.